The third-order valence-corrected chi connectivity index (χ3v) is 11.0. The zero-order valence-corrected chi connectivity index (χ0v) is 34.8. The first kappa shape index (κ1) is 42.6. The number of amides is 3. The Balaban J connectivity index is 2.27. The van der Waals surface area contributed by atoms with Crippen LogP contribution >= 0.6 is 11.3 Å². The topological polar surface area (TPSA) is 97.6 Å². The van der Waals surface area contributed by atoms with E-state index in [0.29, 0.717) is 23.1 Å². The molecule has 3 amide bonds. The minimum atomic E-state index is -0.936. The third kappa shape index (κ3) is 10.2. The first-order chi connectivity index (χ1) is 24.4. The van der Waals surface area contributed by atoms with Crippen molar-refractivity contribution in [2.24, 2.45) is 17.3 Å². The molecule has 8 nitrogen and oxygen atoms in total. The van der Waals surface area contributed by atoms with Crippen LogP contribution in [0.4, 0.5) is 10.8 Å². The summed E-state index contributed by atoms with van der Waals surface area (Å²) in [7, 11) is 0. The lowest BCUT2D eigenvalue weighted by atomic mass is 9.89. The molecule has 2 heterocycles. The van der Waals surface area contributed by atoms with Crippen LogP contribution in [0.5, 0.6) is 0 Å². The molecular weight excluding hydrogens is 667 g/mol. The number of thiazole rings is 1. The van der Waals surface area contributed by atoms with Gasteiger partial charge >= 0.3 is 0 Å². The molecule has 0 saturated heterocycles. The summed E-state index contributed by atoms with van der Waals surface area (Å²) >= 11 is 1.57. The van der Waals surface area contributed by atoms with Crippen molar-refractivity contribution in [3.05, 3.63) is 57.1 Å². The Hall–Kier alpha value is -3.77. The molecule has 2 unspecified atom stereocenters. The van der Waals surface area contributed by atoms with Crippen LogP contribution in [0, 0.1) is 35.5 Å². The minimum Gasteiger partial charge on any atom is -0.348 e. The molecule has 1 aromatic carbocycles. The van der Waals surface area contributed by atoms with Gasteiger partial charge in [-0.1, -0.05) is 137 Å². The van der Waals surface area contributed by atoms with Crippen molar-refractivity contribution in [1.29, 1.82) is 5.26 Å². The number of benzene rings is 1. The van der Waals surface area contributed by atoms with Gasteiger partial charge in [-0.05, 0) is 62.3 Å². The number of imide groups is 1. The fraction of sp³-hybridized carbons (Fsp3) is 0.605. The van der Waals surface area contributed by atoms with E-state index in [2.05, 4.69) is 59.4 Å². The van der Waals surface area contributed by atoms with Gasteiger partial charge < -0.3 is 4.90 Å². The molecule has 2 atom stereocenters. The molecule has 3 rings (SSSR count). The van der Waals surface area contributed by atoms with E-state index in [-0.39, 0.29) is 16.6 Å². The van der Waals surface area contributed by atoms with Crippen LogP contribution in [0.25, 0.3) is 6.08 Å². The first-order valence-electron chi connectivity index (χ1n) is 19.3. The van der Waals surface area contributed by atoms with Crippen molar-refractivity contribution in [1.82, 2.24) is 9.99 Å². The molecule has 1 aromatic heterocycles. The van der Waals surface area contributed by atoms with Gasteiger partial charge in [-0.3, -0.25) is 14.4 Å². The quantitative estimate of drug-likeness (QED) is 0.126. The maximum atomic E-state index is 14.7. The van der Waals surface area contributed by atoms with Crippen molar-refractivity contribution in [2.75, 3.05) is 23.0 Å². The van der Waals surface area contributed by atoms with Crippen LogP contribution in [0.1, 0.15) is 144 Å². The smallest absolute Gasteiger partial charge is 0.291 e. The summed E-state index contributed by atoms with van der Waals surface area (Å²) in [5, 5.41) is 13.2. The number of nitrogens with zero attached hydrogens (tertiary/aromatic N) is 5. The molecule has 1 aliphatic heterocycles. The summed E-state index contributed by atoms with van der Waals surface area (Å²) in [6.45, 7) is 26.0. The predicted octanol–water partition coefficient (Wildman–Crippen LogP) is 10.6. The number of hydrogen-bond acceptors (Lipinski definition) is 7. The van der Waals surface area contributed by atoms with E-state index in [0.717, 1.165) is 57.2 Å². The molecule has 0 fully saturated rings. The molecule has 0 bridgehead atoms. The van der Waals surface area contributed by atoms with Gasteiger partial charge in [-0.15, -0.1) is 0 Å². The fourth-order valence-corrected chi connectivity index (χ4v) is 7.73. The van der Waals surface area contributed by atoms with Gasteiger partial charge in [0.05, 0.1) is 16.3 Å². The van der Waals surface area contributed by atoms with E-state index >= 15 is 0 Å². The molecule has 0 aliphatic carbocycles. The van der Waals surface area contributed by atoms with Crippen LogP contribution in [-0.4, -0.2) is 40.8 Å². The maximum absolute atomic E-state index is 14.7. The van der Waals surface area contributed by atoms with Crippen LogP contribution < -0.4 is 9.91 Å². The molecule has 0 saturated carbocycles. The lowest BCUT2D eigenvalue weighted by molar-refractivity contribution is -0.147. The number of aromatic nitrogens is 1. The van der Waals surface area contributed by atoms with Gasteiger partial charge in [0.2, 0.25) is 0 Å². The van der Waals surface area contributed by atoms with Gasteiger partial charge in [0, 0.05) is 29.5 Å². The van der Waals surface area contributed by atoms with Gasteiger partial charge in [-0.25, -0.2) is 9.99 Å². The number of hydrazine groups is 1. The average Bonchev–Trinajstić information content (AvgIpc) is 3.53. The number of hydrogen-bond donors (Lipinski definition) is 0. The summed E-state index contributed by atoms with van der Waals surface area (Å²) in [6.07, 6.45) is 11.1. The monoisotopic (exact) mass is 729 g/mol. The standard InChI is InChI=1S/C43H63N5O3S/c1-13-17-19-31(15-3)27-46(28-32(16-4)20-18-14-2)41-45-37(42(7,8)9)36(52-41)25-34-30(6)35(26-44)39(50)48(38(34)49)47(40(51)43(10,11)12)33-23-21-29(5)22-24-33/h21-25,31-32H,13-20,27-28H2,1-12H3/b34-25-. The van der Waals surface area contributed by atoms with E-state index in [1.165, 1.54) is 38.5 Å². The number of rotatable bonds is 16. The summed E-state index contributed by atoms with van der Waals surface area (Å²) in [5.41, 5.74) is 1.23. The Morgan fingerprint density at radius 2 is 1.44 bits per heavy atom. The summed E-state index contributed by atoms with van der Waals surface area (Å²) in [6, 6.07) is 9.16. The second kappa shape index (κ2) is 18.3. The molecule has 1 aliphatic rings. The van der Waals surface area contributed by atoms with Crippen molar-refractivity contribution >= 4 is 46.0 Å². The fourth-order valence-electron chi connectivity index (χ4n) is 6.49. The molecule has 2 aromatic rings. The molecule has 0 spiro atoms. The van der Waals surface area contributed by atoms with Crippen molar-refractivity contribution in [3.8, 4) is 6.07 Å². The van der Waals surface area contributed by atoms with Crippen LogP contribution in [0.15, 0.2) is 41.0 Å². The Bertz CT molecular complexity index is 1650. The van der Waals surface area contributed by atoms with Crippen molar-refractivity contribution in [3.63, 3.8) is 0 Å². The second-order valence-electron chi connectivity index (χ2n) is 16.5. The van der Waals surface area contributed by atoms with E-state index in [1.807, 2.05) is 19.1 Å². The number of aryl methyl sites for hydroxylation is 1. The molecule has 284 valence electrons. The van der Waals surface area contributed by atoms with E-state index in [9.17, 15) is 19.6 Å². The Morgan fingerprint density at radius 1 is 0.904 bits per heavy atom. The van der Waals surface area contributed by atoms with Gasteiger partial charge in [0.15, 0.2) is 5.13 Å². The summed E-state index contributed by atoms with van der Waals surface area (Å²) in [5.74, 6) is -0.820. The lowest BCUT2D eigenvalue weighted by Gasteiger charge is -2.39. The van der Waals surface area contributed by atoms with E-state index < -0.39 is 23.1 Å². The highest BCUT2D eigenvalue weighted by atomic mass is 32.1. The number of carbonyl (C=O) groups is 3. The van der Waals surface area contributed by atoms with Gasteiger partial charge in [0.25, 0.3) is 17.7 Å². The Labute approximate surface area is 317 Å². The normalized spacial score (nSPS) is 16.0. The predicted molar refractivity (Wildman–Crippen MR) is 216 cm³/mol. The van der Waals surface area contributed by atoms with E-state index in [4.69, 9.17) is 4.98 Å². The second-order valence-corrected chi connectivity index (χ2v) is 17.5. The molecular formula is C43H63N5O3S. The third-order valence-electron chi connectivity index (χ3n) is 9.97. The van der Waals surface area contributed by atoms with Crippen LogP contribution in [0.3, 0.4) is 0 Å². The number of anilines is 2. The van der Waals surface area contributed by atoms with Crippen molar-refractivity contribution < 1.29 is 14.4 Å². The minimum absolute atomic E-state index is 0.170. The number of unbranched alkanes of at least 4 members (excludes halogenated alkanes) is 2. The van der Waals surface area contributed by atoms with Crippen LogP contribution in [0.2, 0.25) is 0 Å². The molecule has 0 N–H and O–H groups in total. The highest BCUT2D eigenvalue weighted by molar-refractivity contribution is 7.16. The van der Waals surface area contributed by atoms with Gasteiger partial charge in [-0.2, -0.15) is 10.3 Å². The van der Waals surface area contributed by atoms with Crippen molar-refractivity contribution in [2.45, 2.75) is 140 Å². The highest BCUT2D eigenvalue weighted by Crippen LogP contribution is 2.39. The maximum Gasteiger partial charge on any atom is 0.291 e. The zero-order valence-electron chi connectivity index (χ0n) is 34.0. The SMILES string of the molecule is CCCCC(CC)CN(CC(CC)CCCC)c1nc(C(C)(C)C)c(/C=C2\C(=O)N(N(C(=O)C(C)(C)C)c3ccc(C)cc3)C(=O)C(C#N)=C2C)s1. The number of carbonyl (C=O) groups excluding carboxylic acids is 3. The lowest BCUT2D eigenvalue weighted by Crippen LogP contribution is -2.58. The average molecular weight is 730 g/mol. The zero-order chi connectivity index (χ0) is 39.0. The van der Waals surface area contributed by atoms with Gasteiger partial charge in [0.1, 0.15) is 11.6 Å². The Morgan fingerprint density at radius 3 is 1.88 bits per heavy atom. The Kier molecular flexibility index (Phi) is 15.0. The van der Waals surface area contributed by atoms with Crippen LogP contribution in [-0.2, 0) is 19.8 Å². The first-order valence-corrected chi connectivity index (χ1v) is 20.1. The largest absolute Gasteiger partial charge is 0.348 e. The highest BCUT2D eigenvalue weighted by Gasteiger charge is 2.44. The summed E-state index contributed by atoms with van der Waals surface area (Å²) < 4.78 is 0. The molecule has 9 heteroatoms. The number of nitriles is 1. The molecule has 52 heavy (non-hydrogen) atoms. The van der Waals surface area contributed by atoms with E-state index in [1.54, 1.807) is 57.2 Å². The summed E-state index contributed by atoms with van der Waals surface area (Å²) in [4.78, 5) is 51.3. The molecule has 0 radical (unpaired) electrons.